The van der Waals surface area contributed by atoms with Crippen LogP contribution in [0.25, 0.3) is 0 Å². The molecule has 0 spiro atoms. The highest BCUT2D eigenvalue weighted by molar-refractivity contribution is 6.29. The fourth-order valence-electron chi connectivity index (χ4n) is 0.696. The van der Waals surface area contributed by atoms with Gasteiger partial charge >= 0.3 is 0 Å². The Kier molecular flexibility index (Phi) is 4.21. The normalized spacial score (nSPS) is 12.8. The van der Waals surface area contributed by atoms with Crippen molar-refractivity contribution in [3.05, 3.63) is 24.5 Å². The minimum Gasteiger partial charge on any atom is -0.493 e. The second-order valence-electron chi connectivity index (χ2n) is 2.41. The molecular formula is C8H13ClO. The topological polar surface area (TPSA) is 9.23 Å². The average molecular weight is 161 g/mol. The molecule has 0 aliphatic carbocycles. The molecule has 0 N–H and O–H groups in total. The van der Waals surface area contributed by atoms with Crippen molar-refractivity contribution in [2.45, 2.75) is 20.0 Å². The predicted octanol–water partition coefficient (Wildman–Crippen LogP) is 2.92. The van der Waals surface area contributed by atoms with Gasteiger partial charge in [0.2, 0.25) is 0 Å². The molecule has 1 atom stereocenters. The minimum atomic E-state index is -0.112. The van der Waals surface area contributed by atoms with Crippen LogP contribution < -0.4 is 0 Å². The van der Waals surface area contributed by atoms with Crippen LogP contribution in [0.2, 0.25) is 0 Å². The van der Waals surface area contributed by atoms with Crippen molar-refractivity contribution in [3.63, 3.8) is 0 Å². The van der Waals surface area contributed by atoms with Crippen molar-refractivity contribution in [2.75, 3.05) is 0 Å². The van der Waals surface area contributed by atoms with E-state index in [-0.39, 0.29) is 6.10 Å². The van der Waals surface area contributed by atoms with Gasteiger partial charge in [-0.25, -0.2) is 0 Å². The van der Waals surface area contributed by atoms with Crippen molar-refractivity contribution in [2.24, 2.45) is 5.92 Å². The van der Waals surface area contributed by atoms with E-state index in [0.717, 1.165) is 0 Å². The lowest BCUT2D eigenvalue weighted by Crippen LogP contribution is -2.16. The van der Waals surface area contributed by atoms with Crippen molar-refractivity contribution < 1.29 is 4.74 Å². The Labute approximate surface area is 67.3 Å². The first-order valence-corrected chi connectivity index (χ1v) is 3.58. The summed E-state index contributed by atoms with van der Waals surface area (Å²) in [5.41, 5.74) is 0. The van der Waals surface area contributed by atoms with Crippen LogP contribution in [0.3, 0.4) is 0 Å². The summed E-state index contributed by atoms with van der Waals surface area (Å²) < 4.78 is 5.10. The smallest absolute Gasteiger partial charge is 0.135 e. The highest BCUT2D eigenvalue weighted by atomic mass is 35.5. The van der Waals surface area contributed by atoms with Gasteiger partial charge in [-0.05, 0) is 5.92 Å². The monoisotopic (exact) mass is 160 g/mol. The molecule has 1 unspecified atom stereocenters. The van der Waals surface area contributed by atoms with Gasteiger partial charge in [0.05, 0.1) is 11.3 Å². The van der Waals surface area contributed by atoms with E-state index in [1.165, 1.54) is 6.26 Å². The van der Waals surface area contributed by atoms with Gasteiger partial charge in [-0.3, -0.25) is 0 Å². The summed E-state index contributed by atoms with van der Waals surface area (Å²) >= 11 is 5.65. The molecule has 0 fully saturated rings. The van der Waals surface area contributed by atoms with Crippen LogP contribution in [0.5, 0.6) is 0 Å². The summed E-state index contributed by atoms with van der Waals surface area (Å²) in [6, 6.07) is 0. The number of rotatable bonds is 4. The molecular weight excluding hydrogens is 148 g/mol. The van der Waals surface area contributed by atoms with Gasteiger partial charge in [0.25, 0.3) is 0 Å². The molecule has 0 saturated heterocycles. The molecule has 0 rings (SSSR count). The molecule has 58 valence electrons. The number of halogens is 1. The Morgan fingerprint density at radius 2 is 2.10 bits per heavy atom. The third-order valence-corrected chi connectivity index (χ3v) is 1.37. The zero-order valence-electron chi connectivity index (χ0n) is 6.43. The SMILES string of the molecule is C=COC(C(=C)Cl)C(C)C. The molecule has 10 heavy (non-hydrogen) atoms. The standard InChI is InChI=1S/C8H13ClO/c1-5-10-8(6(2)3)7(4)9/h5-6,8H,1,4H2,2-3H3. The lowest BCUT2D eigenvalue weighted by Gasteiger charge is -2.18. The molecule has 0 aliphatic heterocycles. The molecule has 0 aromatic carbocycles. The van der Waals surface area contributed by atoms with E-state index in [1.807, 2.05) is 13.8 Å². The van der Waals surface area contributed by atoms with Crippen LogP contribution in [0.1, 0.15) is 13.8 Å². The van der Waals surface area contributed by atoms with Crippen molar-refractivity contribution in [3.8, 4) is 0 Å². The van der Waals surface area contributed by atoms with Crippen LogP contribution in [-0.2, 0) is 4.74 Å². The lowest BCUT2D eigenvalue weighted by atomic mass is 10.1. The van der Waals surface area contributed by atoms with Crippen molar-refractivity contribution in [1.29, 1.82) is 0 Å². The van der Waals surface area contributed by atoms with Crippen LogP contribution in [-0.4, -0.2) is 6.10 Å². The maximum atomic E-state index is 5.65. The van der Waals surface area contributed by atoms with E-state index in [0.29, 0.717) is 11.0 Å². The zero-order chi connectivity index (χ0) is 8.15. The molecule has 0 saturated carbocycles. The summed E-state index contributed by atoms with van der Waals surface area (Å²) in [6.45, 7) is 11.1. The van der Waals surface area contributed by atoms with Crippen LogP contribution in [0, 0.1) is 5.92 Å². The second-order valence-corrected chi connectivity index (χ2v) is 2.90. The number of ether oxygens (including phenoxy) is 1. The lowest BCUT2D eigenvalue weighted by molar-refractivity contribution is 0.140. The van der Waals surface area contributed by atoms with Gasteiger partial charge in [-0.2, -0.15) is 0 Å². The van der Waals surface area contributed by atoms with Gasteiger partial charge in [-0.15, -0.1) is 0 Å². The molecule has 0 aliphatic rings. The van der Waals surface area contributed by atoms with E-state index in [2.05, 4.69) is 13.2 Å². The van der Waals surface area contributed by atoms with Crippen LogP contribution in [0.15, 0.2) is 24.5 Å². The summed E-state index contributed by atoms with van der Waals surface area (Å²) in [5, 5.41) is 0.523. The second kappa shape index (κ2) is 4.40. The molecule has 2 heteroatoms. The Bertz CT molecular complexity index is 129. The fourth-order valence-corrected chi connectivity index (χ4v) is 1.000. The Morgan fingerprint density at radius 3 is 2.20 bits per heavy atom. The van der Waals surface area contributed by atoms with E-state index < -0.39 is 0 Å². The Balaban J connectivity index is 3.97. The minimum absolute atomic E-state index is 0.112. The Morgan fingerprint density at radius 1 is 1.60 bits per heavy atom. The number of hydrogen-bond acceptors (Lipinski definition) is 1. The third-order valence-electron chi connectivity index (χ3n) is 1.16. The van der Waals surface area contributed by atoms with E-state index in [4.69, 9.17) is 16.3 Å². The molecule has 1 nitrogen and oxygen atoms in total. The predicted molar refractivity (Wildman–Crippen MR) is 44.9 cm³/mol. The average Bonchev–Trinajstić information content (AvgIpc) is 1.81. The summed E-state index contributed by atoms with van der Waals surface area (Å²) in [4.78, 5) is 0. The zero-order valence-corrected chi connectivity index (χ0v) is 7.19. The Hall–Kier alpha value is -0.430. The molecule has 0 bridgehead atoms. The molecule has 0 aromatic heterocycles. The van der Waals surface area contributed by atoms with Gasteiger partial charge in [0, 0.05) is 0 Å². The summed E-state index contributed by atoms with van der Waals surface area (Å²) in [5.74, 6) is 0.336. The maximum Gasteiger partial charge on any atom is 0.135 e. The van der Waals surface area contributed by atoms with Crippen molar-refractivity contribution in [1.82, 2.24) is 0 Å². The first kappa shape index (κ1) is 9.57. The maximum absolute atomic E-state index is 5.65. The fraction of sp³-hybridized carbons (Fsp3) is 0.500. The molecule has 0 heterocycles. The van der Waals surface area contributed by atoms with Gasteiger partial charge in [0.15, 0.2) is 0 Å². The first-order valence-electron chi connectivity index (χ1n) is 3.20. The quantitative estimate of drug-likeness (QED) is 0.575. The first-order chi connectivity index (χ1) is 4.59. The number of hydrogen-bond donors (Lipinski definition) is 0. The van der Waals surface area contributed by atoms with E-state index >= 15 is 0 Å². The largest absolute Gasteiger partial charge is 0.493 e. The van der Waals surface area contributed by atoms with Gasteiger partial charge < -0.3 is 4.74 Å². The van der Waals surface area contributed by atoms with E-state index in [1.54, 1.807) is 0 Å². The molecule has 0 aromatic rings. The molecule has 0 radical (unpaired) electrons. The van der Waals surface area contributed by atoms with Crippen LogP contribution in [0.4, 0.5) is 0 Å². The highest BCUT2D eigenvalue weighted by Gasteiger charge is 2.14. The van der Waals surface area contributed by atoms with E-state index in [9.17, 15) is 0 Å². The summed E-state index contributed by atoms with van der Waals surface area (Å²) in [7, 11) is 0. The van der Waals surface area contributed by atoms with Gasteiger partial charge in [-0.1, -0.05) is 38.6 Å². The third kappa shape index (κ3) is 2.92. The van der Waals surface area contributed by atoms with Crippen molar-refractivity contribution >= 4 is 11.6 Å². The summed E-state index contributed by atoms with van der Waals surface area (Å²) in [6.07, 6.45) is 1.28. The molecule has 0 amide bonds. The van der Waals surface area contributed by atoms with Crippen LogP contribution >= 0.6 is 11.6 Å². The van der Waals surface area contributed by atoms with Gasteiger partial charge in [0.1, 0.15) is 6.10 Å². The highest BCUT2D eigenvalue weighted by Crippen LogP contribution is 2.17.